The first-order valence-corrected chi connectivity index (χ1v) is 20.7. The molecule has 3 nitrogen and oxygen atoms in total. The number of ether oxygens (including phenoxy) is 1. The molecule has 1 aliphatic heterocycles. The Morgan fingerprint density at radius 1 is 0.617 bits per heavy atom. The van der Waals surface area contributed by atoms with Crippen LogP contribution in [-0.2, 0) is 10.2 Å². The second-order valence-corrected chi connectivity index (χ2v) is 16.3. The van der Waals surface area contributed by atoms with E-state index in [4.69, 9.17) is 4.74 Å². The molecule has 1 aliphatic carbocycles. The van der Waals surface area contributed by atoms with Gasteiger partial charge in [0.15, 0.2) is 0 Å². The Labute approximate surface area is 352 Å². The molecule has 0 unspecified atom stereocenters. The molecular weight excluding hydrogens is 729 g/mol. The topological polar surface area (TPSA) is 17.4 Å². The van der Waals surface area contributed by atoms with Gasteiger partial charge in [-0.1, -0.05) is 148 Å². The maximum absolute atomic E-state index is 6.19. The van der Waals surface area contributed by atoms with Crippen LogP contribution in [0.5, 0.6) is 0 Å². The van der Waals surface area contributed by atoms with Gasteiger partial charge in [0.2, 0.25) is 0 Å². The zero-order valence-electron chi connectivity index (χ0n) is 34.3. The standard InChI is InChI=1S/C57H46N2O/c1-6-48-38(2)15-14-16-43(37-60-39(48)3)41-25-30-46(31-26-41)58(44-17-8-7-9-18-44)45-28-23-40(24-29-45)42-27-34-56-52(35-42)51-20-11-13-22-55(51)59(56)47-32-33-50-49-19-10-12-21-53(49)57(4,5)54(50)36-47/h6-36H,1-2,37H2,3-5H3/b15-14-,43-16+,48-39-. The van der Waals surface area contributed by atoms with Crippen molar-refractivity contribution in [2.75, 3.05) is 11.5 Å². The molecular formula is C57H46N2O. The van der Waals surface area contributed by atoms with E-state index in [9.17, 15) is 0 Å². The Morgan fingerprint density at radius 2 is 1.25 bits per heavy atom. The van der Waals surface area contributed by atoms with Gasteiger partial charge in [-0.15, -0.1) is 0 Å². The maximum Gasteiger partial charge on any atom is 0.113 e. The molecule has 8 aromatic rings. The summed E-state index contributed by atoms with van der Waals surface area (Å²) in [6.45, 7) is 15.3. The molecule has 0 amide bonds. The molecule has 290 valence electrons. The van der Waals surface area contributed by atoms with Crippen LogP contribution in [0.1, 0.15) is 37.5 Å². The Bertz CT molecular complexity index is 3080. The maximum atomic E-state index is 6.19. The van der Waals surface area contributed by atoms with E-state index < -0.39 is 0 Å². The van der Waals surface area contributed by atoms with Gasteiger partial charge in [0.05, 0.1) is 11.0 Å². The van der Waals surface area contributed by atoms with Crippen molar-refractivity contribution in [1.82, 2.24) is 4.57 Å². The fourth-order valence-electron chi connectivity index (χ4n) is 9.28. The smallest absolute Gasteiger partial charge is 0.113 e. The van der Waals surface area contributed by atoms with Crippen LogP contribution in [-0.4, -0.2) is 11.2 Å². The molecule has 7 aromatic carbocycles. The van der Waals surface area contributed by atoms with Gasteiger partial charge in [0.1, 0.15) is 12.4 Å². The number of benzene rings is 7. The summed E-state index contributed by atoms with van der Waals surface area (Å²) < 4.78 is 8.63. The quantitative estimate of drug-likeness (QED) is 0.160. The van der Waals surface area contributed by atoms with Crippen LogP contribution in [0.25, 0.3) is 55.3 Å². The van der Waals surface area contributed by atoms with Crippen LogP contribution < -0.4 is 4.90 Å². The molecule has 2 heterocycles. The summed E-state index contributed by atoms with van der Waals surface area (Å²) in [5.74, 6) is 0.820. The number of nitrogens with zero attached hydrogens (tertiary/aromatic N) is 2. The minimum absolute atomic E-state index is 0.0670. The molecule has 1 aromatic heterocycles. The number of aromatic nitrogens is 1. The Balaban J connectivity index is 0.983. The highest BCUT2D eigenvalue weighted by atomic mass is 16.5. The number of hydrogen-bond acceptors (Lipinski definition) is 2. The Hall–Kier alpha value is -7.36. The highest BCUT2D eigenvalue weighted by Crippen LogP contribution is 2.49. The lowest BCUT2D eigenvalue weighted by Gasteiger charge is -2.26. The average Bonchev–Trinajstić information content (AvgIpc) is 3.75. The zero-order chi connectivity index (χ0) is 41.0. The van der Waals surface area contributed by atoms with Crippen LogP contribution in [0.4, 0.5) is 17.1 Å². The minimum atomic E-state index is -0.0670. The normalized spacial score (nSPS) is 17.1. The van der Waals surface area contributed by atoms with Gasteiger partial charge in [-0.2, -0.15) is 0 Å². The van der Waals surface area contributed by atoms with Gasteiger partial charge in [-0.25, -0.2) is 0 Å². The Kier molecular flexibility index (Phi) is 9.10. The van der Waals surface area contributed by atoms with Crippen molar-refractivity contribution in [2.24, 2.45) is 0 Å². The van der Waals surface area contributed by atoms with Gasteiger partial charge >= 0.3 is 0 Å². The van der Waals surface area contributed by atoms with Crippen molar-refractivity contribution in [3.05, 3.63) is 235 Å². The van der Waals surface area contributed by atoms with Gasteiger partial charge in [-0.3, -0.25) is 0 Å². The molecule has 10 rings (SSSR count). The number of anilines is 3. The largest absolute Gasteiger partial charge is 0.493 e. The predicted octanol–water partition coefficient (Wildman–Crippen LogP) is 15.2. The number of hydrogen-bond donors (Lipinski definition) is 0. The molecule has 0 bridgehead atoms. The third kappa shape index (κ3) is 6.22. The summed E-state index contributed by atoms with van der Waals surface area (Å²) >= 11 is 0. The fraction of sp³-hybridized carbons (Fsp3) is 0.0877. The third-order valence-corrected chi connectivity index (χ3v) is 12.4. The van der Waals surface area contributed by atoms with Gasteiger partial charge in [-0.05, 0) is 124 Å². The highest BCUT2D eigenvalue weighted by Gasteiger charge is 2.35. The second kappa shape index (κ2) is 14.8. The van der Waals surface area contributed by atoms with Gasteiger partial charge < -0.3 is 14.2 Å². The number of para-hydroxylation sites is 2. The molecule has 0 saturated carbocycles. The summed E-state index contributed by atoms with van der Waals surface area (Å²) in [7, 11) is 0. The summed E-state index contributed by atoms with van der Waals surface area (Å²) in [5, 5.41) is 2.49. The average molecular weight is 775 g/mol. The lowest BCUT2D eigenvalue weighted by Crippen LogP contribution is -2.15. The van der Waals surface area contributed by atoms with E-state index in [2.05, 4.69) is 206 Å². The molecule has 2 aliphatic rings. The highest BCUT2D eigenvalue weighted by molar-refractivity contribution is 6.10. The first kappa shape index (κ1) is 36.9. The van der Waals surface area contributed by atoms with Crippen molar-refractivity contribution in [3.63, 3.8) is 0 Å². The fourth-order valence-corrected chi connectivity index (χ4v) is 9.28. The van der Waals surface area contributed by atoms with Crippen LogP contribution >= 0.6 is 0 Å². The van der Waals surface area contributed by atoms with Crippen LogP contribution in [0.15, 0.2) is 218 Å². The zero-order valence-corrected chi connectivity index (χ0v) is 34.3. The lowest BCUT2D eigenvalue weighted by atomic mass is 9.82. The molecule has 0 radical (unpaired) electrons. The van der Waals surface area contributed by atoms with Crippen molar-refractivity contribution < 1.29 is 4.74 Å². The number of fused-ring (bicyclic) bond motifs is 6. The molecule has 0 spiro atoms. The summed E-state index contributed by atoms with van der Waals surface area (Å²) in [6, 6.07) is 59.8. The summed E-state index contributed by atoms with van der Waals surface area (Å²) in [6.07, 6.45) is 7.96. The van der Waals surface area contributed by atoms with Crippen molar-refractivity contribution in [2.45, 2.75) is 26.2 Å². The van der Waals surface area contributed by atoms with Crippen LogP contribution in [0.2, 0.25) is 0 Å². The van der Waals surface area contributed by atoms with Crippen molar-refractivity contribution in [3.8, 4) is 27.9 Å². The molecule has 60 heavy (non-hydrogen) atoms. The molecule has 0 N–H and O–H groups in total. The molecule has 0 saturated heterocycles. The van der Waals surface area contributed by atoms with Crippen molar-refractivity contribution in [1.29, 1.82) is 0 Å². The number of allylic oxidation sites excluding steroid dienone is 7. The first-order valence-electron chi connectivity index (χ1n) is 20.7. The molecule has 0 atom stereocenters. The molecule has 0 fully saturated rings. The SMILES string of the molecule is C=C/C1=C(\C)OC/C(c2ccc(N(c3ccccc3)c3ccc(-c4ccc5c(c4)c4ccccc4n5-c4ccc5c(c4)C(C)(C)c4ccccc4-5)cc3)cc2)=C\C=C/C1=C. The first-order chi connectivity index (χ1) is 29.3. The second-order valence-electron chi connectivity index (χ2n) is 16.3. The third-order valence-electron chi connectivity index (χ3n) is 12.4. The number of rotatable bonds is 7. The van der Waals surface area contributed by atoms with E-state index in [1.54, 1.807) is 6.08 Å². The van der Waals surface area contributed by atoms with Crippen molar-refractivity contribution >= 4 is 44.4 Å². The van der Waals surface area contributed by atoms with E-state index in [-0.39, 0.29) is 5.41 Å². The van der Waals surface area contributed by atoms with E-state index in [0.29, 0.717) is 6.61 Å². The van der Waals surface area contributed by atoms with E-state index >= 15 is 0 Å². The lowest BCUT2D eigenvalue weighted by molar-refractivity contribution is 0.253. The van der Waals surface area contributed by atoms with Gasteiger partial charge in [0.25, 0.3) is 0 Å². The monoisotopic (exact) mass is 774 g/mol. The minimum Gasteiger partial charge on any atom is -0.493 e. The summed E-state index contributed by atoms with van der Waals surface area (Å²) in [4.78, 5) is 2.31. The van der Waals surface area contributed by atoms with E-state index in [1.165, 1.54) is 60.9 Å². The predicted molar refractivity (Wildman–Crippen MR) is 254 cm³/mol. The molecule has 3 heteroatoms. The Morgan fingerprint density at radius 3 is 2.02 bits per heavy atom. The summed E-state index contributed by atoms with van der Waals surface area (Å²) in [5.41, 5.74) is 18.6. The van der Waals surface area contributed by atoms with Crippen LogP contribution in [0, 0.1) is 0 Å². The van der Waals surface area contributed by atoms with Crippen LogP contribution in [0.3, 0.4) is 0 Å². The van der Waals surface area contributed by atoms with E-state index in [0.717, 1.165) is 45.1 Å². The van der Waals surface area contributed by atoms with E-state index in [1.807, 2.05) is 19.1 Å². The van der Waals surface area contributed by atoms with Gasteiger partial charge in [0, 0.05) is 44.5 Å².